The summed E-state index contributed by atoms with van der Waals surface area (Å²) in [4.78, 5) is 0.145. The average molecular weight is 274 g/mol. The third kappa shape index (κ3) is 5.43. The Morgan fingerprint density at radius 2 is 2.12 bits per heavy atom. The van der Waals surface area contributed by atoms with Crippen molar-refractivity contribution in [1.82, 2.24) is 0 Å². The molecule has 0 amide bonds. The first kappa shape index (κ1) is 14.3. The van der Waals surface area contributed by atoms with Gasteiger partial charge in [-0.15, -0.1) is 0 Å². The van der Waals surface area contributed by atoms with Crippen molar-refractivity contribution in [2.24, 2.45) is 5.14 Å². The normalized spacial score (nSPS) is 11.4. The summed E-state index contributed by atoms with van der Waals surface area (Å²) in [5.41, 5.74) is 0.792. The van der Waals surface area contributed by atoms with Crippen LogP contribution in [0.25, 0.3) is 0 Å². The van der Waals surface area contributed by atoms with E-state index in [0.717, 1.165) is 30.8 Å². The lowest BCUT2D eigenvalue weighted by molar-refractivity contribution is 0.598. The number of hydrogen-bond donors (Lipinski definition) is 2. The van der Waals surface area contributed by atoms with Gasteiger partial charge in [0.1, 0.15) is 0 Å². The largest absolute Gasteiger partial charge is 0.385 e. The maximum atomic E-state index is 11.1. The van der Waals surface area contributed by atoms with E-state index in [2.05, 4.69) is 11.6 Å². The number of nitrogens with two attached hydrogens (primary N) is 1. The fourth-order valence-corrected chi connectivity index (χ4v) is 2.44. The van der Waals surface area contributed by atoms with Gasteiger partial charge in [-0.2, -0.15) is 11.8 Å². The van der Waals surface area contributed by atoms with Gasteiger partial charge < -0.3 is 5.32 Å². The number of thioether (sulfide) groups is 1. The van der Waals surface area contributed by atoms with Crippen LogP contribution in [0.4, 0.5) is 5.69 Å². The Bertz CT molecular complexity index is 447. The van der Waals surface area contributed by atoms with Gasteiger partial charge in [0.25, 0.3) is 0 Å². The van der Waals surface area contributed by atoms with E-state index in [1.165, 1.54) is 6.07 Å². The SMILES string of the molecule is CSCCCCNc1cccc(S(N)(=O)=O)c1. The lowest BCUT2D eigenvalue weighted by Gasteiger charge is -2.07. The summed E-state index contributed by atoms with van der Waals surface area (Å²) in [6.45, 7) is 0.842. The number of anilines is 1. The second kappa shape index (κ2) is 6.88. The first-order chi connectivity index (χ1) is 8.04. The molecular formula is C11H18N2O2S2. The molecule has 1 aromatic carbocycles. The van der Waals surface area contributed by atoms with Gasteiger partial charge in [-0.25, -0.2) is 13.6 Å². The molecule has 1 aromatic rings. The zero-order valence-electron chi connectivity index (χ0n) is 9.85. The summed E-state index contributed by atoms with van der Waals surface area (Å²) in [6.07, 6.45) is 4.31. The van der Waals surface area contributed by atoms with Crippen LogP contribution in [0.3, 0.4) is 0 Å². The predicted octanol–water partition coefficient (Wildman–Crippen LogP) is 1.89. The molecule has 0 aromatic heterocycles. The van der Waals surface area contributed by atoms with E-state index in [-0.39, 0.29) is 4.90 Å². The monoisotopic (exact) mass is 274 g/mol. The molecule has 0 saturated heterocycles. The number of nitrogens with one attached hydrogen (secondary N) is 1. The quantitative estimate of drug-likeness (QED) is 0.745. The second-order valence-corrected chi connectivity index (χ2v) is 6.25. The van der Waals surface area contributed by atoms with Gasteiger partial charge in [-0.1, -0.05) is 6.07 Å². The van der Waals surface area contributed by atoms with Crippen molar-refractivity contribution in [1.29, 1.82) is 0 Å². The van der Waals surface area contributed by atoms with Crippen LogP contribution in [0.15, 0.2) is 29.2 Å². The van der Waals surface area contributed by atoms with Crippen LogP contribution >= 0.6 is 11.8 Å². The van der Waals surface area contributed by atoms with Crippen LogP contribution in [-0.4, -0.2) is 27.0 Å². The highest BCUT2D eigenvalue weighted by atomic mass is 32.2. The summed E-state index contributed by atoms with van der Waals surface area (Å²) in [7, 11) is -3.61. The van der Waals surface area contributed by atoms with Gasteiger partial charge in [0.2, 0.25) is 10.0 Å². The summed E-state index contributed by atoms with van der Waals surface area (Å²) in [6, 6.07) is 6.57. The van der Waals surface area contributed by atoms with Crippen LogP contribution in [0.1, 0.15) is 12.8 Å². The minimum atomic E-state index is -3.61. The maximum absolute atomic E-state index is 11.1. The summed E-state index contributed by atoms with van der Waals surface area (Å²) in [5.74, 6) is 1.15. The molecule has 96 valence electrons. The van der Waals surface area contributed by atoms with E-state index in [4.69, 9.17) is 5.14 Å². The van der Waals surface area contributed by atoms with Gasteiger partial charge in [0, 0.05) is 12.2 Å². The highest BCUT2D eigenvalue weighted by Gasteiger charge is 2.07. The van der Waals surface area contributed by atoms with Gasteiger partial charge >= 0.3 is 0 Å². The number of sulfonamides is 1. The van der Waals surface area contributed by atoms with Gasteiger partial charge in [-0.3, -0.25) is 0 Å². The van der Waals surface area contributed by atoms with Crippen molar-refractivity contribution in [2.45, 2.75) is 17.7 Å². The lowest BCUT2D eigenvalue weighted by Crippen LogP contribution is -2.12. The predicted molar refractivity (Wildman–Crippen MR) is 73.9 cm³/mol. The minimum Gasteiger partial charge on any atom is -0.385 e. The number of hydrogen-bond acceptors (Lipinski definition) is 4. The second-order valence-electron chi connectivity index (χ2n) is 3.70. The van der Waals surface area contributed by atoms with Crippen LogP contribution in [0.5, 0.6) is 0 Å². The molecule has 0 saturated carbocycles. The van der Waals surface area contributed by atoms with E-state index in [9.17, 15) is 8.42 Å². The van der Waals surface area contributed by atoms with Crippen LogP contribution in [-0.2, 0) is 10.0 Å². The molecule has 0 aliphatic rings. The molecule has 0 aliphatic carbocycles. The molecule has 0 radical (unpaired) electrons. The number of primary sulfonamides is 1. The Labute approximate surface area is 107 Å². The Hall–Kier alpha value is -0.720. The molecule has 6 heteroatoms. The summed E-state index contributed by atoms with van der Waals surface area (Å²) >= 11 is 1.83. The minimum absolute atomic E-state index is 0.145. The molecule has 1 rings (SSSR count). The molecule has 3 N–H and O–H groups in total. The van der Waals surface area contributed by atoms with Crippen molar-refractivity contribution in [3.8, 4) is 0 Å². The molecule has 0 atom stereocenters. The van der Waals surface area contributed by atoms with E-state index in [1.807, 2.05) is 17.8 Å². The van der Waals surface area contributed by atoms with Crippen molar-refractivity contribution >= 4 is 27.5 Å². The van der Waals surface area contributed by atoms with E-state index in [1.54, 1.807) is 12.1 Å². The van der Waals surface area contributed by atoms with Crippen LogP contribution < -0.4 is 10.5 Å². The standard InChI is InChI=1S/C11H18N2O2S2/c1-16-8-3-2-7-13-10-5-4-6-11(9-10)17(12,14)15/h4-6,9,13H,2-3,7-8H2,1H3,(H2,12,14,15). The fourth-order valence-electron chi connectivity index (χ4n) is 1.39. The fraction of sp³-hybridized carbons (Fsp3) is 0.455. The lowest BCUT2D eigenvalue weighted by atomic mass is 10.3. The van der Waals surface area contributed by atoms with Gasteiger partial charge in [0.15, 0.2) is 0 Å². The molecule has 4 nitrogen and oxygen atoms in total. The third-order valence-electron chi connectivity index (χ3n) is 2.27. The molecule has 0 heterocycles. The van der Waals surface area contributed by atoms with E-state index in [0.29, 0.717) is 0 Å². The highest BCUT2D eigenvalue weighted by molar-refractivity contribution is 7.98. The third-order valence-corrected chi connectivity index (χ3v) is 3.87. The van der Waals surface area contributed by atoms with Crippen molar-refractivity contribution in [3.63, 3.8) is 0 Å². The first-order valence-electron chi connectivity index (χ1n) is 5.40. The smallest absolute Gasteiger partial charge is 0.238 e. The van der Waals surface area contributed by atoms with E-state index >= 15 is 0 Å². The molecule has 0 fully saturated rings. The maximum Gasteiger partial charge on any atom is 0.238 e. The first-order valence-corrected chi connectivity index (χ1v) is 8.34. The number of benzene rings is 1. The van der Waals surface area contributed by atoms with Crippen LogP contribution in [0.2, 0.25) is 0 Å². The molecule has 0 unspecified atom stereocenters. The Morgan fingerprint density at radius 3 is 2.76 bits per heavy atom. The van der Waals surface area contributed by atoms with Gasteiger partial charge in [0.05, 0.1) is 4.90 Å². The molecular weight excluding hydrogens is 256 g/mol. The molecule has 17 heavy (non-hydrogen) atoms. The van der Waals surface area contributed by atoms with Crippen molar-refractivity contribution in [2.75, 3.05) is 23.9 Å². The highest BCUT2D eigenvalue weighted by Crippen LogP contribution is 2.14. The van der Waals surface area contributed by atoms with Gasteiger partial charge in [-0.05, 0) is 43.0 Å². The average Bonchev–Trinajstić information content (AvgIpc) is 2.28. The molecule has 0 spiro atoms. The van der Waals surface area contributed by atoms with Crippen LogP contribution in [0, 0.1) is 0 Å². The van der Waals surface area contributed by atoms with Crippen molar-refractivity contribution in [3.05, 3.63) is 24.3 Å². The summed E-state index contributed by atoms with van der Waals surface area (Å²) < 4.78 is 22.3. The molecule has 0 bridgehead atoms. The zero-order chi connectivity index (χ0) is 12.7. The molecule has 0 aliphatic heterocycles. The Morgan fingerprint density at radius 1 is 1.35 bits per heavy atom. The Kier molecular flexibility index (Phi) is 5.80. The topological polar surface area (TPSA) is 72.2 Å². The number of rotatable bonds is 7. The zero-order valence-corrected chi connectivity index (χ0v) is 11.5. The number of unbranched alkanes of at least 4 members (excludes halogenated alkanes) is 1. The summed E-state index contributed by atoms with van der Waals surface area (Å²) in [5, 5.41) is 8.25. The van der Waals surface area contributed by atoms with Crippen molar-refractivity contribution < 1.29 is 8.42 Å². The Balaban J connectivity index is 2.49. The van der Waals surface area contributed by atoms with E-state index < -0.39 is 10.0 Å².